The number of rotatable bonds is 3. The van der Waals surface area contributed by atoms with E-state index >= 15 is 0 Å². The molecule has 1 saturated heterocycles. The molecule has 0 aromatic carbocycles. The van der Waals surface area contributed by atoms with E-state index in [4.69, 9.17) is 14.6 Å². The largest absolute Gasteiger partial charge is 0.459 e. The van der Waals surface area contributed by atoms with E-state index in [0.717, 1.165) is 0 Å². The van der Waals surface area contributed by atoms with E-state index in [9.17, 15) is 4.79 Å². The van der Waals surface area contributed by atoms with Gasteiger partial charge in [-0.3, -0.25) is 4.98 Å². The molecule has 16 heavy (non-hydrogen) atoms. The molecule has 5 nitrogen and oxygen atoms in total. The van der Waals surface area contributed by atoms with Gasteiger partial charge in [-0.1, -0.05) is 0 Å². The van der Waals surface area contributed by atoms with Gasteiger partial charge >= 0.3 is 5.97 Å². The standard InChI is InChI=1S/C11H13NO4/c13-10-4-3-9(16-10)7-15-11(14)8-2-1-5-12-6-8/h1-2,5-6,9-10,13H,3-4,7H2. The number of esters is 1. The maximum atomic E-state index is 11.5. The van der Waals surface area contributed by atoms with Crippen LogP contribution in [-0.2, 0) is 9.47 Å². The second kappa shape index (κ2) is 5.05. The number of hydrogen-bond donors (Lipinski definition) is 1. The number of aliphatic hydroxyl groups is 1. The molecule has 0 spiro atoms. The Bertz CT molecular complexity index is 354. The molecule has 0 aliphatic carbocycles. The van der Waals surface area contributed by atoms with Gasteiger partial charge in [0.2, 0.25) is 0 Å². The zero-order valence-corrected chi connectivity index (χ0v) is 8.70. The van der Waals surface area contributed by atoms with Crippen LogP contribution in [0.15, 0.2) is 24.5 Å². The molecule has 1 aliphatic rings. The summed E-state index contributed by atoms with van der Waals surface area (Å²) in [7, 11) is 0. The molecule has 5 heteroatoms. The summed E-state index contributed by atoms with van der Waals surface area (Å²) >= 11 is 0. The van der Waals surface area contributed by atoms with E-state index in [0.29, 0.717) is 18.4 Å². The molecule has 0 bridgehead atoms. The topological polar surface area (TPSA) is 68.7 Å². The van der Waals surface area contributed by atoms with Crippen molar-refractivity contribution in [2.45, 2.75) is 25.2 Å². The third kappa shape index (κ3) is 2.77. The van der Waals surface area contributed by atoms with Crippen LogP contribution >= 0.6 is 0 Å². The fraction of sp³-hybridized carbons (Fsp3) is 0.455. The Morgan fingerprint density at radius 1 is 1.62 bits per heavy atom. The molecule has 1 aromatic heterocycles. The number of carbonyl (C=O) groups excluding carboxylic acids is 1. The van der Waals surface area contributed by atoms with Crippen LogP contribution in [0.1, 0.15) is 23.2 Å². The summed E-state index contributed by atoms with van der Waals surface area (Å²) in [4.78, 5) is 15.3. The summed E-state index contributed by atoms with van der Waals surface area (Å²) in [6.45, 7) is 0.171. The monoisotopic (exact) mass is 223 g/mol. The van der Waals surface area contributed by atoms with Gasteiger partial charge in [0.1, 0.15) is 6.61 Å². The number of aliphatic hydroxyl groups excluding tert-OH is 1. The van der Waals surface area contributed by atoms with Crippen LogP contribution in [0.2, 0.25) is 0 Å². The third-order valence-electron chi connectivity index (χ3n) is 2.38. The minimum Gasteiger partial charge on any atom is -0.459 e. The number of aromatic nitrogens is 1. The Labute approximate surface area is 93.0 Å². The summed E-state index contributed by atoms with van der Waals surface area (Å²) < 4.78 is 10.2. The Morgan fingerprint density at radius 2 is 2.50 bits per heavy atom. The Kier molecular flexibility index (Phi) is 3.48. The molecule has 2 rings (SSSR count). The Morgan fingerprint density at radius 3 is 3.12 bits per heavy atom. The first kappa shape index (κ1) is 11.0. The third-order valence-corrected chi connectivity index (χ3v) is 2.38. The van der Waals surface area contributed by atoms with Gasteiger partial charge in [-0.2, -0.15) is 0 Å². The van der Waals surface area contributed by atoms with Crippen LogP contribution in [-0.4, -0.2) is 35.1 Å². The van der Waals surface area contributed by atoms with Gasteiger partial charge in [-0.05, 0) is 18.6 Å². The molecule has 0 saturated carbocycles. The molecule has 1 fully saturated rings. The van der Waals surface area contributed by atoms with Crippen LogP contribution < -0.4 is 0 Å². The zero-order valence-electron chi connectivity index (χ0n) is 8.70. The first-order valence-electron chi connectivity index (χ1n) is 5.16. The molecule has 2 heterocycles. The van der Waals surface area contributed by atoms with Gasteiger partial charge in [-0.25, -0.2) is 4.79 Å². The molecule has 0 radical (unpaired) electrons. The fourth-order valence-corrected chi connectivity index (χ4v) is 1.54. The Hall–Kier alpha value is -1.46. The summed E-state index contributed by atoms with van der Waals surface area (Å²) in [5.74, 6) is -0.418. The van der Waals surface area contributed by atoms with E-state index in [2.05, 4.69) is 4.98 Å². The molecule has 0 amide bonds. The lowest BCUT2D eigenvalue weighted by Gasteiger charge is -2.10. The zero-order chi connectivity index (χ0) is 11.4. The summed E-state index contributed by atoms with van der Waals surface area (Å²) in [5.41, 5.74) is 0.418. The van der Waals surface area contributed by atoms with Crippen molar-refractivity contribution >= 4 is 5.97 Å². The van der Waals surface area contributed by atoms with Crippen LogP contribution in [0.3, 0.4) is 0 Å². The lowest BCUT2D eigenvalue weighted by atomic mass is 10.2. The predicted octanol–water partition coefficient (Wildman–Crippen LogP) is 0.736. The smallest absolute Gasteiger partial charge is 0.339 e. The highest BCUT2D eigenvalue weighted by molar-refractivity contribution is 5.88. The normalized spacial score (nSPS) is 24.3. The van der Waals surface area contributed by atoms with Crippen molar-refractivity contribution in [3.63, 3.8) is 0 Å². The molecular formula is C11H13NO4. The summed E-state index contributed by atoms with van der Waals surface area (Å²) in [6.07, 6.45) is 3.42. The van der Waals surface area contributed by atoms with Crippen molar-refractivity contribution in [2.75, 3.05) is 6.61 Å². The quantitative estimate of drug-likeness (QED) is 0.765. The molecule has 1 N–H and O–H groups in total. The lowest BCUT2D eigenvalue weighted by molar-refractivity contribution is -0.103. The first-order valence-corrected chi connectivity index (χ1v) is 5.16. The van der Waals surface area contributed by atoms with Gasteiger partial charge < -0.3 is 14.6 Å². The van der Waals surface area contributed by atoms with Crippen LogP contribution in [0.5, 0.6) is 0 Å². The average Bonchev–Trinajstić information content (AvgIpc) is 2.73. The second-order valence-corrected chi connectivity index (χ2v) is 3.63. The van der Waals surface area contributed by atoms with E-state index in [1.54, 1.807) is 18.3 Å². The van der Waals surface area contributed by atoms with Crippen LogP contribution in [0.25, 0.3) is 0 Å². The van der Waals surface area contributed by atoms with Crippen molar-refractivity contribution < 1.29 is 19.4 Å². The number of carbonyl (C=O) groups is 1. The maximum Gasteiger partial charge on any atom is 0.339 e. The Balaban J connectivity index is 1.80. The molecular weight excluding hydrogens is 210 g/mol. The second-order valence-electron chi connectivity index (χ2n) is 3.63. The lowest BCUT2D eigenvalue weighted by Crippen LogP contribution is -2.19. The van der Waals surface area contributed by atoms with E-state index in [-0.39, 0.29) is 12.7 Å². The van der Waals surface area contributed by atoms with Gasteiger partial charge in [0.15, 0.2) is 6.29 Å². The van der Waals surface area contributed by atoms with Crippen LogP contribution in [0.4, 0.5) is 0 Å². The van der Waals surface area contributed by atoms with E-state index < -0.39 is 12.3 Å². The van der Waals surface area contributed by atoms with Crippen molar-refractivity contribution in [1.82, 2.24) is 4.98 Å². The first-order chi connectivity index (χ1) is 7.75. The molecule has 2 atom stereocenters. The number of pyridine rings is 1. The average molecular weight is 223 g/mol. The highest BCUT2D eigenvalue weighted by Gasteiger charge is 2.24. The highest BCUT2D eigenvalue weighted by Crippen LogP contribution is 2.17. The van der Waals surface area contributed by atoms with Crippen LogP contribution in [0, 0.1) is 0 Å². The molecule has 1 aromatic rings. The fourth-order valence-electron chi connectivity index (χ4n) is 1.54. The number of hydrogen-bond acceptors (Lipinski definition) is 5. The predicted molar refractivity (Wildman–Crippen MR) is 54.6 cm³/mol. The molecule has 2 unspecified atom stereocenters. The number of ether oxygens (including phenoxy) is 2. The van der Waals surface area contributed by atoms with Gasteiger partial charge in [-0.15, -0.1) is 0 Å². The van der Waals surface area contributed by atoms with Crippen molar-refractivity contribution in [2.24, 2.45) is 0 Å². The van der Waals surface area contributed by atoms with E-state index in [1.807, 2.05) is 0 Å². The summed E-state index contributed by atoms with van der Waals surface area (Å²) in [5, 5.41) is 9.11. The molecule has 86 valence electrons. The van der Waals surface area contributed by atoms with Gasteiger partial charge in [0, 0.05) is 18.8 Å². The van der Waals surface area contributed by atoms with Crippen molar-refractivity contribution in [1.29, 1.82) is 0 Å². The van der Waals surface area contributed by atoms with Gasteiger partial charge in [0.25, 0.3) is 0 Å². The highest BCUT2D eigenvalue weighted by atomic mass is 16.6. The van der Waals surface area contributed by atoms with Crippen molar-refractivity contribution in [3.05, 3.63) is 30.1 Å². The van der Waals surface area contributed by atoms with Gasteiger partial charge in [0.05, 0.1) is 11.7 Å². The number of nitrogens with zero attached hydrogens (tertiary/aromatic N) is 1. The molecule has 1 aliphatic heterocycles. The van der Waals surface area contributed by atoms with E-state index in [1.165, 1.54) is 6.20 Å². The minimum atomic E-state index is -0.720. The summed E-state index contributed by atoms with van der Waals surface area (Å²) in [6, 6.07) is 3.31. The minimum absolute atomic E-state index is 0.171. The maximum absolute atomic E-state index is 11.5. The SMILES string of the molecule is O=C(OCC1CCC(O)O1)c1cccnc1. The van der Waals surface area contributed by atoms with Crippen molar-refractivity contribution in [3.8, 4) is 0 Å².